The molecular weight excluding hydrogens is 208 g/mol. The average molecular weight is 236 g/mol. The second-order valence-corrected chi connectivity index (χ2v) is 6.86. The van der Waals surface area contributed by atoms with Crippen molar-refractivity contribution in [2.24, 2.45) is 17.1 Å². The Balaban J connectivity index is 1.68. The highest BCUT2D eigenvalue weighted by Crippen LogP contribution is 2.55. The van der Waals surface area contributed by atoms with Crippen LogP contribution in [0.3, 0.4) is 0 Å². The number of rotatable bonds is 2. The third-order valence-electron chi connectivity index (χ3n) is 5.92. The molecular formula is C15H28N2. The molecule has 1 spiro atoms. The third-order valence-corrected chi connectivity index (χ3v) is 5.92. The molecule has 3 unspecified atom stereocenters. The molecule has 0 bridgehead atoms. The Kier molecular flexibility index (Phi) is 3.20. The Labute approximate surface area is 106 Å². The fraction of sp³-hybridized carbons (Fsp3) is 1.00. The largest absolute Gasteiger partial charge is 0.330 e. The first-order chi connectivity index (χ1) is 8.25. The van der Waals surface area contributed by atoms with E-state index < -0.39 is 0 Å². The molecule has 2 heteroatoms. The van der Waals surface area contributed by atoms with E-state index in [1.807, 2.05) is 0 Å². The smallest absolute Gasteiger partial charge is 0.0155 e. The van der Waals surface area contributed by atoms with Gasteiger partial charge in [-0.3, -0.25) is 4.90 Å². The Bertz CT molecular complexity index is 270. The van der Waals surface area contributed by atoms with E-state index in [4.69, 9.17) is 5.73 Å². The van der Waals surface area contributed by atoms with Gasteiger partial charge in [0, 0.05) is 18.6 Å². The number of nitrogens with two attached hydrogens (primary N) is 1. The lowest BCUT2D eigenvalue weighted by Crippen LogP contribution is -2.57. The summed E-state index contributed by atoms with van der Waals surface area (Å²) in [5.74, 6) is 0.770. The highest BCUT2D eigenvalue weighted by Gasteiger charge is 2.51. The van der Waals surface area contributed by atoms with Gasteiger partial charge in [0.25, 0.3) is 0 Å². The predicted molar refractivity (Wildman–Crippen MR) is 71.9 cm³/mol. The summed E-state index contributed by atoms with van der Waals surface area (Å²) >= 11 is 0. The maximum Gasteiger partial charge on any atom is 0.0155 e. The molecule has 98 valence electrons. The fourth-order valence-electron chi connectivity index (χ4n) is 4.81. The molecule has 0 aromatic rings. The van der Waals surface area contributed by atoms with Crippen molar-refractivity contribution in [2.45, 2.75) is 70.4 Å². The number of hydrogen-bond donors (Lipinski definition) is 1. The van der Waals surface area contributed by atoms with Crippen LogP contribution in [0.15, 0.2) is 0 Å². The van der Waals surface area contributed by atoms with Crippen LogP contribution >= 0.6 is 0 Å². The lowest BCUT2D eigenvalue weighted by Gasteiger charge is -2.56. The topological polar surface area (TPSA) is 29.3 Å². The molecule has 1 aliphatic heterocycles. The second-order valence-electron chi connectivity index (χ2n) is 6.86. The van der Waals surface area contributed by atoms with Crippen molar-refractivity contribution < 1.29 is 0 Å². The molecule has 2 N–H and O–H groups in total. The first-order valence-electron chi connectivity index (χ1n) is 7.71. The molecule has 3 aliphatic rings. The monoisotopic (exact) mass is 236 g/mol. The Hall–Kier alpha value is -0.0800. The SMILES string of the molecule is CC1CC(CN)CN1C1CCC12CCCCC2. The summed E-state index contributed by atoms with van der Waals surface area (Å²) in [5, 5.41) is 0. The van der Waals surface area contributed by atoms with Gasteiger partial charge in [-0.15, -0.1) is 0 Å². The highest BCUT2D eigenvalue weighted by atomic mass is 15.2. The zero-order valence-corrected chi connectivity index (χ0v) is 11.3. The van der Waals surface area contributed by atoms with Gasteiger partial charge in [-0.1, -0.05) is 19.3 Å². The minimum absolute atomic E-state index is 0.732. The van der Waals surface area contributed by atoms with E-state index in [2.05, 4.69) is 11.8 Å². The standard InChI is InChI=1S/C15H28N2/c1-12-9-13(10-16)11-17(12)14-5-8-15(14)6-3-2-4-7-15/h12-14H,2-11,16H2,1H3. The Morgan fingerprint density at radius 1 is 1.18 bits per heavy atom. The molecule has 3 rings (SSSR count). The molecule has 1 saturated heterocycles. The molecule has 2 saturated carbocycles. The van der Waals surface area contributed by atoms with Crippen LogP contribution in [0.4, 0.5) is 0 Å². The first-order valence-corrected chi connectivity index (χ1v) is 7.71. The normalized spacial score (nSPS) is 41.6. The summed E-state index contributed by atoms with van der Waals surface area (Å²) in [7, 11) is 0. The van der Waals surface area contributed by atoms with Crippen LogP contribution < -0.4 is 5.73 Å². The van der Waals surface area contributed by atoms with Crippen LogP contribution in [0.5, 0.6) is 0 Å². The van der Waals surface area contributed by atoms with Crippen molar-refractivity contribution >= 4 is 0 Å². The number of nitrogens with zero attached hydrogens (tertiary/aromatic N) is 1. The Morgan fingerprint density at radius 3 is 2.47 bits per heavy atom. The van der Waals surface area contributed by atoms with Gasteiger partial charge in [0.15, 0.2) is 0 Å². The van der Waals surface area contributed by atoms with Gasteiger partial charge in [-0.2, -0.15) is 0 Å². The minimum atomic E-state index is 0.732. The van der Waals surface area contributed by atoms with Crippen molar-refractivity contribution in [1.29, 1.82) is 0 Å². The molecule has 0 radical (unpaired) electrons. The average Bonchev–Trinajstić information content (AvgIpc) is 2.71. The van der Waals surface area contributed by atoms with Crippen LogP contribution in [0.1, 0.15) is 58.3 Å². The summed E-state index contributed by atoms with van der Waals surface area (Å²) < 4.78 is 0. The summed E-state index contributed by atoms with van der Waals surface area (Å²) in [6.45, 7) is 4.59. The van der Waals surface area contributed by atoms with E-state index in [1.165, 1.54) is 57.9 Å². The summed E-state index contributed by atoms with van der Waals surface area (Å²) in [6.07, 6.45) is 11.8. The van der Waals surface area contributed by atoms with E-state index in [9.17, 15) is 0 Å². The zero-order valence-electron chi connectivity index (χ0n) is 11.3. The number of likely N-dealkylation sites (tertiary alicyclic amines) is 1. The van der Waals surface area contributed by atoms with Crippen LogP contribution in [-0.2, 0) is 0 Å². The van der Waals surface area contributed by atoms with E-state index >= 15 is 0 Å². The fourth-order valence-corrected chi connectivity index (χ4v) is 4.81. The number of hydrogen-bond acceptors (Lipinski definition) is 2. The summed E-state index contributed by atoms with van der Waals surface area (Å²) in [5.41, 5.74) is 6.59. The molecule has 2 aliphatic carbocycles. The molecule has 17 heavy (non-hydrogen) atoms. The highest BCUT2D eigenvalue weighted by molar-refractivity contribution is 5.05. The molecule has 3 atom stereocenters. The quantitative estimate of drug-likeness (QED) is 0.799. The molecule has 0 amide bonds. The lowest BCUT2D eigenvalue weighted by molar-refractivity contribution is -0.0568. The van der Waals surface area contributed by atoms with Gasteiger partial charge in [0.1, 0.15) is 0 Å². The van der Waals surface area contributed by atoms with Crippen molar-refractivity contribution in [3.05, 3.63) is 0 Å². The van der Waals surface area contributed by atoms with Gasteiger partial charge >= 0.3 is 0 Å². The molecule has 0 aromatic carbocycles. The third kappa shape index (κ3) is 1.94. The van der Waals surface area contributed by atoms with Crippen LogP contribution in [0.2, 0.25) is 0 Å². The summed E-state index contributed by atoms with van der Waals surface area (Å²) in [6, 6.07) is 1.70. The van der Waals surface area contributed by atoms with Crippen LogP contribution in [0.25, 0.3) is 0 Å². The molecule has 3 fully saturated rings. The molecule has 1 heterocycles. The maximum atomic E-state index is 5.86. The van der Waals surface area contributed by atoms with Crippen molar-refractivity contribution in [1.82, 2.24) is 4.90 Å². The van der Waals surface area contributed by atoms with E-state index in [0.29, 0.717) is 0 Å². The minimum Gasteiger partial charge on any atom is -0.330 e. The summed E-state index contributed by atoms with van der Waals surface area (Å²) in [4.78, 5) is 2.83. The maximum absolute atomic E-state index is 5.86. The van der Waals surface area contributed by atoms with E-state index in [-0.39, 0.29) is 0 Å². The predicted octanol–water partition coefficient (Wildman–Crippen LogP) is 2.77. The second kappa shape index (κ2) is 4.55. The van der Waals surface area contributed by atoms with Gasteiger partial charge < -0.3 is 5.73 Å². The van der Waals surface area contributed by atoms with Gasteiger partial charge in [-0.05, 0) is 56.9 Å². The molecule has 0 aromatic heterocycles. The van der Waals surface area contributed by atoms with E-state index in [0.717, 1.165) is 30.0 Å². The van der Waals surface area contributed by atoms with E-state index in [1.54, 1.807) is 0 Å². The van der Waals surface area contributed by atoms with Crippen molar-refractivity contribution in [3.8, 4) is 0 Å². The molecule has 2 nitrogen and oxygen atoms in total. The van der Waals surface area contributed by atoms with Gasteiger partial charge in [0.05, 0.1) is 0 Å². The van der Waals surface area contributed by atoms with Gasteiger partial charge in [0.2, 0.25) is 0 Å². The lowest BCUT2D eigenvalue weighted by atomic mass is 9.57. The van der Waals surface area contributed by atoms with Gasteiger partial charge in [-0.25, -0.2) is 0 Å². The zero-order chi connectivity index (χ0) is 11.9. The van der Waals surface area contributed by atoms with Crippen LogP contribution in [0, 0.1) is 11.3 Å². The Morgan fingerprint density at radius 2 is 1.94 bits per heavy atom. The van der Waals surface area contributed by atoms with Crippen LogP contribution in [-0.4, -0.2) is 30.1 Å². The van der Waals surface area contributed by atoms with Crippen molar-refractivity contribution in [3.63, 3.8) is 0 Å². The van der Waals surface area contributed by atoms with Crippen molar-refractivity contribution in [2.75, 3.05) is 13.1 Å². The first kappa shape index (κ1) is 12.0.